The summed E-state index contributed by atoms with van der Waals surface area (Å²) in [5.74, 6) is 0. The lowest BCUT2D eigenvalue weighted by molar-refractivity contribution is -0.0388. The van der Waals surface area contributed by atoms with Crippen molar-refractivity contribution in [2.75, 3.05) is 33.3 Å². The first-order chi connectivity index (χ1) is 4.86. The molecule has 1 aliphatic rings. The van der Waals surface area contributed by atoms with Crippen molar-refractivity contribution in [3.8, 4) is 0 Å². The monoisotopic (exact) mass is 145 g/mol. The first kappa shape index (κ1) is 7.94. The van der Waals surface area contributed by atoms with E-state index in [-0.39, 0.29) is 6.10 Å². The van der Waals surface area contributed by atoms with E-state index in [1.807, 2.05) is 7.05 Å². The Bertz CT molecular complexity index is 89.0. The minimum atomic E-state index is 0.209. The number of morpholine rings is 1. The van der Waals surface area contributed by atoms with Crippen molar-refractivity contribution in [3.63, 3.8) is 0 Å². The second kappa shape index (κ2) is 3.88. The number of nitrogens with zero attached hydrogens (tertiary/aromatic N) is 1. The van der Waals surface area contributed by atoms with E-state index in [4.69, 9.17) is 10.5 Å². The molecule has 0 amide bonds. The fraction of sp³-hybridized carbons (Fsp3) is 1.00. The molecule has 1 rings (SSSR count). The maximum absolute atomic E-state index is 5.44. The van der Waals surface area contributed by atoms with E-state index in [9.17, 15) is 0 Å². The van der Waals surface area contributed by atoms with Gasteiger partial charge in [0.05, 0.1) is 12.7 Å². The van der Waals surface area contributed by atoms with E-state index in [1.165, 1.54) is 0 Å². The zero-order valence-corrected chi connectivity index (χ0v) is 6.34. The van der Waals surface area contributed by atoms with Gasteiger partial charge in [0.15, 0.2) is 0 Å². The predicted molar refractivity (Wildman–Crippen MR) is 39.4 cm³/mol. The van der Waals surface area contributed by atoms with E-state index in [1.54, 1.807) is 0 Å². The van der Waals surface area contributed by atoms with Gasteiger partial charge in [-0.2, -0.15) is 0 Å². The Morgan fingerprint density at radius 3 is 3.20 bits per heavy atom. The van der Waals surface area contributed by atoms with Crippen molar-refractivity contribution in [2.45, 2.75) is 6.10 Å². The number of hydrogen-bond acceptors (Lipinski definition) is 4. The summed E-state index contributed by atoms with van der Waals surface area (Å²) in [6.45, 7) is 3.24. The molecule has 1 heterocycles. The van der Waals surface area contributed by atoms with Crippen molar-refractivity contribution >= 4 is 0 Å². The summed E-state index contributed by atoms with van der Waals surface area (Å²) in [4.78, 5) is 0. The molecule has 0 saturated carbocycles. The number of hydrogen-bond donors (Lipinski definition) is 2. The molecule has 4 heteroatoms. The molecule has 1 unspecified atom stereocenters. The van der Waals surface area contributed by atoms with Crippen LogP contribution in [0.2, 0.25) is 0 Å². The third-order valence-electron chi connectivity index (χ3n) is 1.72. The van der Waals surface area contributed by atoms with Crippen LogP contribution in [-0.4, -0.2) is 44.4 Å². The van der Waals surface area contributed by atoms with Gasteiger partial charge in [-0.05, 0) is 7.05 Å². The molecule has 0 spiro atoms. The van der Waals surface area contributed by atoms with Crippen molar-refractivity contribution < 1.29 is 4.74 Å². The summed E-state index contributed by atoms with van der Waals surface area (Å²) < 4.78 is 5.35. The molecule has 0 aliphatic carbocycles. The van der Waals surface area contributed by atoms with Crippen molar-refractivity contribution in [1.29, 1.82) is 0 Å². The van der Waals surface area contributed by atoms with E-state index in [2.05, 4.69) is 10.4 Å². The number of nitrogens with two attached hydrogens (primary N) is 1. The van der Waals surface area contributed by atoms with Gasteiger partial charge < -0.3 is 10.5 Å². The minimum absolute atomic E-state index is 0.209. The molecule has 10 heavy (non-hydrogen) atoms. The number of nitrogens with one attached hydrogen (secondary N) is 1. The van der Waals surface area contributed by atoms with Crippen LogP contribution in [0, 0.1) is 0 Å². The van der Waals surface area contributed by atoms with Gasteiger partial charge in [-0.15, -0.1) is 0 Å². The molecule has 3 N–H and O–H groups in total. The molecule has 0 aromatic rings. The Hall–Kier alpha value is -0.160. The summed E-state index contributed by atoms with van der Waals surface area (Å²) in [7, 11) is 1.92. The molecule has 1 saturated heterocycles. The lowest BCUT2D eigenvalue weighted by atomic mass is 10.3. The summed E-state index contributed by atoms with van der Waals surface area (Å²) >= 11 is 0. The smallest absolute Gasteiger partial charge is 0.0838 e. The van der Waals surface area contributed by atoms with Crippen LogP contribution in [0.4, 0.5) is 0 Å². The molecular formula is C6H15N3O. The fourth-order valence-electron chi connectivity index (χ4n) is 1.07. The van der Waals surface area contributed by atoms with Crippen LogP contribution in [-0.2, 0) is 4.74 Å². The van der Waals surface area contributed by atoms with Gasteiger partial charge in [-0.3, -0.25) is 5.43 Å². The highest BCUT2D eigenvalue weighted by Crippen LogP contribution is 1.99. The molecule has 1 atom stereocenters. The van der Waals surface area contributed by atoms with Crippen LogP contribution in [0.1, 0.15) is 0 Å². The molecule has 0 radical (unpaired) electrons. The first-order valence-corrected chi connectivity index (χ1v) is 3.61. The molecule has 60 valence electrons. The standard InChI is InChI=1S/C6H15N3O/c1-8-9-2-3-10-6(4-7)5-9/h6,8H,2-5,7H2,1H3. The molecule has 0 bridgehead atoms. The van der Waals surface area contributed by atoms with Crippen molar-refractivity contribution in [1.82, 2.24) is 10.4 Å². The van der Waals surface area contributed by atoms with Crippen LogP contribution < -0.4 is 11.2 Å². The van der Waals surface area contributed by atoms with Gasteiger partial charge in [-0.25, -0.2) is 5.01 Å². The molecule has 4 nitrogen and oxygen atoms in total. The highest BCUT2D eigenvalue weighted by molar-refractivity contribution is 4.68. The molecule has 0 aromatic carbocycles. The lowest BCUT2D eigenvalue weighted by Crippen LogP contribution is -2.50. The lowest BCUT2D eigenvalue weighted by Gasteiger charge is -2.31. The van der Waals surface area contributed by atoms with E-state index >= 15 is 0 Å². The van der Waals surface area contributed by atoms with Crippen LogP contribution in [0.5, 0.6) is 0 Å². The molecule has 1 aliphatic heterocycles. The van der Waals surface area contributed by atoms with Gasteiger partial charge in [-0.1, -0.05) is 0 Å². The average molecular weight is 145 g/mol. The predicted octanol–water partition coefficient (Wildman–Crippen LogP) is -1.22. The Morgan fingerprint density at radius 2 is 2.60 bits per heavy atom. The summed E-state index contributed by atoms with van der Waals surface area (Å²) in [5, 5.41) is 2.11. The molecular weight excluding hydrogens is 130 g/mol. The zero-order valence-electron chi connectivity index (χ0n) is 6.34. The largest absolute Gasteiger partial charge is 0.374 e. The summed E-state index contributed by atoms with van der Waals surface area (Å²) in [6, 6.07) is 0. The van der Waals surface area contributed by atoms with E-state index < -0.39 is 0 Å². The maximum Gasteiger partial charge on any atom is 0.0838 e. The van der Waals surface area contributed by atoms with Crippen LogP contribution in [0.3, 0.4) is 0 Å². The Labute approximate surface area is 61.3 Å². The van der Waals surface area contributed by atoms with Crippen molar-refractivity contribution in [2.24, 2.45) is 5.73 Å². The second-order valence-corrected chi connectivity index (χ2v) is 2.40. The number of ether oxygens (including phenoxy) is 1. The van der Waals surface area contributed by atoms with Gasteiger partial charge in [0.2, 0.25) is 0 Å². The van der Waals surface area contributed by atoms with Gasteiger partial charge in [0, 0.05) is 19.6 Å². The minimum Gasteiger partial charge on any atom is -0.374 e. The van der Waals surface area contributed by atoms with Crippen LogP contribution in [0.15, 0.2) is 0 Å². The summed E-state index contributed by atoms with van der Waals surface area (Å²) in [5.41, 5.74) is 8.51. The van der Waals surface area contributed by atoms with Crippen LogP contribution in [0.25, 0.3) is 0 Å². The highest BCUT2D eigenvalue weighted by Gasteiger charge is 2.16. The number of hydrazine groups is 1. The Morgan fingerprint density at radius 1 is 1.80 bits per heavy atom. The average Bonchev–Trinajstić information content (AvgIpc) is 2.05. The molecule has 1 fully saturated rings. The molecule has 0 aromatic heterocycles. The normalized spacial score (nSPS) is 28.8. The Kier molecular flexibility index (Phi) is 3.08. The zero-order chi connectivity index (χ0) is 7.40. The SMILES string of the molecule is CNN1CCOC(CN)C1. The highest BCUT2D eigenvalue weighted by atomic mass is 16.5. The van der Waals surface area contributed by atoms with E-state index in [0.29, 0.717) is 6.54 Å². The topological polar surface area (TPSA) is 50.5 Å². The van der Waals surface area contributed by atoms with Gasteiger partial charge in [0.1, 0.15) is 0 Å². The van der Waals surface area contributed by atoms with Crippen LogP contribution >= 0.6 is 0 Å². The number of rotatable bonds is 2. The van der Waals surface area contributed by atoms with E-state index in [0.717, 1.165) is 19.7 Å². The second-order valence-electron chi connectivity index (χ2n) is 2.40. The Balaban J connectivity index is 2.25. The van der Waals surface area contributed by atoms with Gasteiger partial charge in [0.25, 0.3) is 0 Å². The maximum atomic E-state index is 5.44. The summed E-state index contributed by atoms with van der Waals surface area (Å²) in [6.07, 6.45) is 0.209. The van der Waals surface area contributed by atoms with Gasteiger partial charge >= 0.3 is 0 Å². The van der Waals surface area contributed by atoms with Crippen molar-refractivity contribution in [3.05, 3.63) is 0 Å². The third kappa shape index (κ3) is 1.91. The first-order valence-electron chi connectivity index (χ1n) is 3.61. The third-order valence-corrected chi connectivity index (χ3v) is 1.72. The fourth-order valence-corrected chi connectivity index (χ4v) is 1.07. The quantitative estimate of drug-likeness (QED) is 0.511.